The minimum atomic E-state index is -0.453. The Bertz CT molecular complexity index is 1870. The first-order valence-corrected chi connectivity index (χ1v) is 23.1. The Hall–Kier alpha value is -5.75. The summed E-state index contributed by atoms with van der Waals surface area (Å²) in [5.41, 5.74) is 2.11. The summed E-state index contributed by atoms with van der Waals surface area (Å²) in [6.07, 6.45) is 26.9. The van der Waals surface area contributed by atoms with Crippen LogP contribution in [0, 0.1) is 12.3 Å². The average molecular weight is 844 g/mol. The largest absolute Gasteiger partial charge is 0.494 e. The van der Waals surface area contributed by atoms with E-state index in [0.29, 0.717) is 59.3 Å². The van der Waals surface area contributed by atoms with E-state index in [1.165, 1.54) is 77.0 Å². The van der Waals surface area contributed by atoms with E-state index in [0.717, 1.165) is 38.5 Å². The first kappa shape index (κ1) is 48.9. The first-order valence-electron chi connectivity index (χ1n) is 23.1. The fourth-order valence-corrected chi connectivity index (χ4v) is 6.96. The van der Waals surface area contributed by atoms with Gasteiger partial charge in [-0.15, -0.1) is 6.42 Å². The van der Waals surface area contributed by atoms with Crippen molar-refractivity contribution in [2.45, 2.75) is 136 Å². The highest BCUT2D eigenvalue weighted by molar-refractivity contribution is 6.15. The van der Waals surface area contributed by atoms with Crippen molar-refractivity contribution in [3.8, 4) is 29.6 Å². The van der Waals surface area contributed by atoms with E-state index in [-0.39, 0.29) is 17.1 Å². The van der Waals surface area contributed by atoms with Gasteiger partial charge in [0.25, 0.3) is 17.7 Å². The Morgan fingerprint density at radius 2 is 0.726 bits per heavy atom. The van der Waals surface area contributed by atoms with Gasteiger partial charge in [-0.3, -0.25) is 14.4 Å². The summed E-state index contributed by atoms with van der Waals surface area (Å²) in [6, 6.07) is 23.9. The molecule has 0 saturated carbocycles. The van der Waals surface area contributed by atoms with E-state index < -0.39 is 17.7 Å². The monoisotopic (exact) mass is 844 g/mol. The topological polar surface area (TPSA) is 115 Å². The molecule has 3 N–H and O–H groups in total. The zero-order valence-electron chi connectivity index (χ0n) is 37.5. The summed E-state index contributed by atoms with van der Waals surface area (Å²) in [5.74, 6) is 3.33. The molecule has 4 aromatic carbocycles. The molecular formula is C53H69N3O6. The van der Waals surface area contributed by atoms with E-state index in [9.17, 15) is 14.4 Å². The van der Waals surface area contributed by atoms with Crippen molar-refractivity contribution in [3.05, 3.63) is 107 Å². The van der Waals surface area contributed by atoms with Crippen molar-refractivity contribution in [2.75, 3.05) is 35.8 Å². The summed E-state index contributed by atoms with van der Waals surface area (Å²) in [4.78, 5) is 41.3. The van der Waals surface area contributed by atoms with Crippen LogP contribution in [-0.4, -0.2) is 37.5 Å². The Balaban J connectivity index is 1.49. The minimum Gasteiger partial charge on any atom is -0.494 e. The fraction of sp³-hybridized carbons (Fsp3) is 0.453. The lowest BCUT2D eigenvalue weighted by Crippen LogP contribution is -2.20. The van der Waals surface area contributed by atoms with Gasteiger partial charge >= 0.3 is 0 Å². The van der Waals surface area contributed by atoms with Gasteiger partial charge in [-0.25, -0.2) is 0 Å². The van der Waals surface area contributed by atoms with Crippen LogP contribution in [-0.2, 0) is 0 Å². The molecule has 0 radical (unpaired) electrons. The number of ether oxygens (including phenoxy) is 3. The molecule has 9 nitrogen and oxygen atoms in total. The van der Waals surface area contributed by atoms with Gasteiger partial charge in [0, 0.05) is 22.3 Å². The number of hydrogen-bond donors (Lipinski definition) is 3. The van der Waals surface area contributed by atoms with Crippen molar-refractivity contribution >= 4 is 34.8 Å². The number of nitrogens with one attached hydrogen (secondary N) is 3. The summed E-state index contributed by atoms with van der Waals surface area (Å²) in [7, 11) is 0. The molecule has 0 spiro atoms. The van der Waals surface area contributed by atoms with Gasteiger partial charge < -0.3 is 30.2 Å². The third-order valence-corrected chi connectivity index (χ3v) is 10.7. The molecule has 0 fully saturated rings. The lowest BCUT2D eigenvalue weighted by molar-refractivity contribution is 0.101. The Morgan fingerprint density at radius 1 is 0.435 bits per heavy atom. The maximum atomic E-state index is 13.9. The summed E-state index contributed by atoms with van der Waals surface area (Å²) in [5, 5.41) is 8.81. The fourth-order valence-electron chi connectivity index (χ4n) is 6.96. The summed E-state index contributed by atoms with van der Waals surface area (Å²) < 4.78 is 17.8. The normalized spacial score (nSPS) is 10.7. The molecule has 0 bridgehead atoms. The molecule has 0 heterocycles. The van der Waals surface area contributed by atoms with Crippen LogP contribution in [0.5, 0.6) is 17.2 Å². The van der Waals surface area contributed by atoms with Crippen LogP contribution in [0.3, 0.4) is 0 Å². The van der Waals surface area contributed by atoms with Gasteiger partial charge in [0.15, 0.2) is 0 Å². The van der Waals surface area contributed by atoms with Gasteiger partial charge in [0.05, 0.1) is 36.9 Å². The Kier molecular flexibility index (Phi) is 22.7. The van der Waals surface area contributed by atoms with E-state index in [4.69, 9.17) is 20.6 Å². The number of carbonyl (C=O) groups excluding carboxylic acids is 3. The minimum absolute atomic E-state index is 0.178. The molecular weight excluding hydrogens is 775 g/mol. The number of anilines is 3. The lowest BCUT2D eigenvalue weighted by atomic mass is 10.1. The third kappa shape index (κ3) is 17.7. The van der Waals surface area contributed by atoms with Gasteiger partial charge in [-0.2, -0.15) is 0 Å². The van der Waals surface area contributed by atoms with Gasteiger partial charge in [0.1, 0.15) is 17.2 Å². The lowest BCUT2D eigenvalue weighted by Gasteiger charge is -2.19. The molecule has 0 unspecified atom stereocenters. The van der Waals surface area contributed by atoms with Crippen LogP contribution in [0.15, 0.2) is 84.9 Å². The van der Waals surface area contributed by atoms with Crippen LogP contribution >= 0.6 is 0 Å². The van der Waals surface area contributed by atoms with Crippen molar-refractivity contribution in [2.24, 2.45) is 0 Å². The van der Waals surface area contributed by atoms with Crippen LogP contribution in [0.4, 0.5) is 17.1 Å². The average Bonchev–Trinajstić information content (AvgIpc) is 3.29. The molecule has 0 aliphatic rings. The second kappa shape index (κ2) is 28.7. The summed E-state index contributed by atoms with van der Waals surface area (Å²) in [6.45, 7) is 8.45. The predicted octanol–water partition coefficient (Wildman–Crippen LogP) is 13.6. The third-order valence-electron chi connectivity index (χ3n) is 10.7. The van der Waals surface area contributed by atoms with Crippen LogP contribution in [0.1, 0.15) is 173 Å². The number of hydrogen-bond acceptors (Lipinski definition) is 6. The van der Waals surface area contributed by atoms with E-state index in [2.05, 4.69) is 42.6 Å². The maximum Gasteiger partial charge on any atom is 0.255 e. The molecule has 3 amide bonds. The molecule has 9 heteroatoms. The molecule has 0 saturated heterocycles. The van der Waals surface area contributed by atoms with Crippen LogP contribution < -0.4 is 30.2 Å². The molecule has 0 aromatic heterocycles. The van der Waals surface area contributed by atoms with Crippen LogP contribution in [0.25, 0.3) is 0 Å². The SMILES string of the molecule is C#Cc1cc(NC(=O)c2ccc(OCCCCCCCC)cc2)c(NC(=O)c2ccc(OCCCCCCCC)cc2)c(NC(=O)c2ccc(OCCCCCCCC)cc2)c1. The summed E-state index contributed by atoms with van der Waals surface area (Å²) >= 11 is 0. The zero-order valence-corrected chi connectivity index (χ0v) is 37.5. The smallest absolute Gasteiger partial charge is 0.255 e. The number of carbonyl (C=O) groups is 3. The van der Waals surface area contributed by atoms with Crippen molar-refractivity contribution in [1.29, 1.82) is 0 Å². The van der Waals surface area contributed by atoms with Gasteiger partial charge in [-0.1, -0.05) is 123 Å². The standard InChI is InChI=1S/C53H69N3O6/c1-5-9-12-15-18-21-36-60-45-30-24-42(25-31-45)51(57)54-48-39-41(8-4)40-49(55-52(58)43-26-32-46(33-27-43)61-37-22-19-16-13-10-6-2)50(48)56-53(59)44-28-34-47(35-29-44)62-38-23-20-17-14-11-7-3/h4,24-35,39-40H,5-7,9-23,36-38H2,1-3H3,(H,54,57)(H,55,58)(H,56,59). The van der Waals surface area contributed by atoms with E-state index >= 15 is 0 Å². The predicted molar refractivity (Wildman–Crippen MR) is 254 cm³/mol. The van der Waals surface area contributed by atoms with Crippen molar-refractivity contribution in [3.63, 3.8) is 0 Å². The van der Waals surface area contributed by atoms with Gasteiger partial charge in [0.2, 0.25) is 0 Å². The molecule has 0 aliphatic heterocycles. The van der Waals surface area contributed by atoms with Crippen LogP contribution in [0.2, 0.25) is 0 Å². The van der Waals surface area contributed by atoms with E-state index in [1.54, 1.807) is 84.9 Å². The Labute approximate surface area is 371 Å². The molecule has 4 rings (SSSR count). The molecule has 0 atom stereocenters. The maximum absolute atomic E-state index is 13.9. The van der Waals surface area contributed by atoms with Gasteiger partial charge in [-0.05, 0) is 104 Å². The quantitative estimate of drug-likeness (QED) is 0.0356. The van der Waals surface area contributed by atoms with E-state index in [1.807, 2.05) is 0 Å². The van der Waals surface area contributed by atoms with Crippen molar-refractivity contribution in [1.82, 2.24) is 0 Å². The molecule has 0 aliphatic carbocycles. The van der Waals surface area contributed by atoms with Crippen molar-refractivity contribution < 1.29 is 28.6 Å². The molecule has 332 valence electrons. The number of terminal acetylenes is 1. The number of benzene rings is 4. The number of unbranched alkanes of at least 4 members (excludes halogenated alkanes) is 15. The first-order chi connectivity index (χ1) is 30.3. The highest BCUT2D eigenvalue weighted by atomic mass is 16.5. The second-order valence-electron chi connectivity index (χ2n) is 15.9. The number of amides is 3. The highest BCUT2D eigenvalue weighted by Crippen LogP contribution is 2.34. The molecule has 62 heavy (non-hydrogen) atoms. The molecule has 4 aromatic rings. The second-order valence-corrected chi connectivity index (χ2v) is 15.9. The number of rotatable bonds is 30. The highest BCUT2D eigenvalue weighted by Gasteiger charge is 2.20. The Morgan fingerprint density at radius 3 is 1.03 bits per heavy atom. The zero-order chi connectivity index (χ0) is 44.2.